The first kappa shape index (κ1) is 50.6. The van der Waals surface area contributed by atoms with Crippen LogP contribution in [0.2, 0.25) is 0 Å². The van der Waals surface area contributed by atoms with E-state index in [4.69, 9.17) is 4.79 Å². The summed E-state index contributed by atoms with van der Waals surface area (Å²) < 4.78 is 0. The summed E-state index contributed by atoms with van der Waals surface area (Å²) in [6.07, 6.45) is 0. The van der Waals surface area contributed by atoms with Gasteiger partial charge in [0.1, 0.15) is 6.79 Å². The third kappa shape index (κ3) is 242. The van der Waals surface area contributed by atoms with E-state index in [2.05, 4.69) is 18.1 Å². The van der Waals surface area contributed by atoms with Crippen molar-refractivity contribution in [2.24, 2.45) is 0 Å². The molecule has 0 aromatic heterocycles. The van der Waals surface area contributed by atoms with Crippen molar-refractivity contribution in [2.45, 2.75) is 35.1 Å². The summed E-state index contributed by atoms with van der Waals surface area (Å²) in [4.78, 5) is 8.00. The van der Waals surface area contributed by atoms with Crippen molar-refractivity contribution >= 4 is 24.9 Å². The first-order valence-corrected chi connectivity index (χ1v) is 3.15. The second kappa shape index (κ2) is 291. The molecule has 2 radical (unpaired) electrons. The Kier molecular flexibility index (Phi) is 1340. The van der Waals surface area contributed by atoms with Gasteiger partial charge in [-0.15, -0.1) is 0 Å². The zero-order chi connectivity index (χ0) is 8.00. The molecule has 0 bridgehead atoms. The molecule has 0 aliphatic heterocycles. The summed E-state index contributed by atoms with van der Waals surface area (Å²) in [6, 6.07) is 0. The minimum atomic E-state index is 0. The molecule has 1 nitrogen and oxygen atoms in total. The van der Waals surface area contributed by atoms with Gasteiger partial charge in [-0.2, -0.15) is 0 Å². The van der Waals surface area contributed by atoms with E-state index in [1.54, 1.807) is 0 Å². The molecule has 0 heterocycles. The molecule has 78 valence electrons. The standard InChI is InChI=1S/2C2H6.CH2O.CH2S.CH4.2Tb/c4*1-2;;;/h2*1-2H3;2*1H2;1H4;;. The minimum absolute atomic E-state index is 0. The van der Waals surface area contributed by atoms with E-state index < -0.39 is 0 Å². The maximum Gasteiger partial charge on any atom is 0.106 e. The van der Waals surface area contributed by atoms with Gasteiger partial charge in [0, 0.05) is 77.2 Å². The average molecular weight is 470 g/mol. The summed E-state index contributed by atoms with van der Waals surface area (Å²) in [6.45, 7) is 10.0. The fourth-order valence-electron chi connectivity index (χ4n) is 0. The predicted octanol–water partition coefficient (Wildman–Crippen LogP) is 3.12. The molecule has 0 aliphatic carbocycles. The van der Waals surface area contributed by atoms with Gasteiger partial charge in [-0.3, -0.25) is 0 Å². The molecule has 0 N–H and O–H groups in total. The number of carbonyl (C=O) groups is 1. The molecule has 11 heavy (non-hydrogen) atoms. The van der Waals surface area contributed by atoms with Crippen LogP contribution in [-0.2, 0) is 4.79 Å². The van der Waals surface area contributed by atoms with E-state index in [0.717, 1.165) is 0 Å². The van der Waals surface area contributed by atoms with Crippen LogP contribution in [0, 0.1) is 77.2 Å². The molecule has 0 fully saturated rings. The van der Waals surface area contributed by atoms with Crippen molar-refractivity contribution in [3.63, 3.8) is 0 Å². The molecule has 0 rings (SSSR count). The van der Waals surface area contributed by atoms with E-state index in [1.807, 2.05) is 34.5 Å². The Morgan fingerprint density at radius 1 is 0.818 bits per heavy atom. The smallest absolute Gasteiger partial charge is 0.106 e. The topological polar surface area (TPSA) is 17.1 Å². The van der Waals surface area contributed by atoms with Gasteiger partial charge in [-0.25, -0.2) is 0 Å². The molecule has 0 saturated carbocycles. The normalized spacial score (nSPS) is 1.82. The van der Waals surface area contributed by atoms with Gasteiger partial charge in [-0.05, 0) is 5.87 Å². The van der Waals surface area contributed by atoms with Crippen LogP contribution in [0.3, 0.4) is 0 Å². The van der Waals surface area contributed by atoms with E-state index >= 15 is 0 Å². The number of rotatable bonds is 0. The minimum Gasteiger partial charge on any atom is -0.307 e. The molecular weight excluding hydrogens is 450 g/mol. The molecular formula is C7H20OSTb2. The van der Waals surface area contributed by atoms with Crippen LogP contribution in [-0.4, -0.2) is 12.7 Å². The van der Waals surface area contributed by atoms with Gasteiger partial charge in [0.05, 0.1) is 0 Å². The second-order valence-corrected chi connectivity index (χ2v) is 0. The number of carbonyl (C=O) groups excluding carboxylic acids is 1. The quantitative estimate of drug-likeness (QED) is 0.507. The van der Waals surface area contributed by atoms with Crippen LogP contribution >= 0.6 is 12.2 Å². The molecule has 0 aliphatic rings. The van der Waals surface area contributed by atoms with E-state index in [1.165, 1.54) is 0 Å². The average Bonchev–Trinajstić information content (AvgIpc) is 2.03. The van der Waals surface area contributed by atoms with Gasteiger partial charge in [0.25, 0.3) is 0 Å². The third-order valence-corrected chi connectivity index (χ3v) is 0. The van der Waals surface area contributed by atoms with Crippen LogP contribution in [0.1, 0.15) is 35.1 Å². The Morgan fingerprint density at radius 2 is 0.818 bits per heavy atom. The van der Waals surface area contributed by atoms with Crippen molar-refractivity contribution in [3.8, 4) is 0 Å². The summed E-state index contributed by atoms with van der Waals surface area (Å²) in [5.74, 6) is 2.83. The number of hydrogen-bond acceptors (Lipinski definition) is 2. The van der Waals surface area contributed by atoms with E-state index in [9.17, 15) is 0 Å². The molecule has 0 aromatic rings. The largest absolute Gasteiger partial charge is 0.307 e. The molecule has 0 aromatic carbocycles. The van der Waals surface area contributed by atoms with Crippen molar-refractivity contribution < 1.29 is 82.0 Å². The summed E-state index contributed by atoms with van der Waals surface area (Å²) in [7, 11) is 0. The van der Waals surface area contributed by atoms with Crippen LogP contribution in [0.25, 0.3) is 0 Å². The summed E-state index contributed by atoms with van der Waals surface area (Å²) in [5, 5.41) is 0. The Labute approximate surface area is 139 Å². The maximum absolute atomic E-state index is 8.00. The van der Waals surface area contributed by atoms with Gasteiger partial charge in [0.2, 0.25) is 0 Å². The molecule has 0 atom stereocenters. The van der Waals surface area contributed by atoms with Crippen LogP contribution in [0.15, 0.2) is 0 Å². The van der Waals surface area contributed by atoms with Gasteiger partial charge < -0.3 is 4.79 Å². The van der Waals surface area contributed by atoms with Gasteiger partial charge in [0.15, 0.2) is 0 Å². The van der Waals surface area contributed by atoms with Gasteiger partial charge >= 0.3 is 0 Å². The van der Waals surface area contributed by atoms with Crippen LogP contribution in [0.5, 0.6) is 0 Å². The second-order valence-electron chi connectivity index (χ2n) is 0. The van der Waals surface area contributed by atoms with E-state index in [-0.39, 0.29) is 84.6 Å². The zero-order valence-corrected chi connectivity index (χ0v) is 12.0. The first-order chi connectivity index (χ1) is 4.00. The molecule has 4 heteroatoms. The summed E-state index contributed by atoms with van der Waals surface area (Å²) in [5.41, 5.74) is 0. The van der Waals surface area contributed by atoms with Gasteiger partial charge in [-0.1, -0.05) is 47.3 Å². The number of hydrogen-bond donors (Lipinski definition) is 0. The van der Waals surface area contributed by atoms with Crippen LogP contribution in [0.4, 0.5) is 0 Å². The van der Waals surface area contributed by atoms with Crippen molar-refractivity contribution in [1.82, 2.24) is 0 Å². The fourth-order valence-corrected chi connectivity index (χ4v) is 0. The molecule has 0 amide bonds. The Morgan fingerprint density at radius 3 is 0.818 bits per heavy atom. The maximum atomic E-state index is 8.00. The molecule has 0 saturated heterocycles. The van der Waals surface area contributed by atoms with Crippen molar-refractivity contribution in [1.29, 1.82) is 0 Å². The Balaban J connectivity index is -0.00000000356. The fraction of sp³-hybridized carbons (Fsp3) is 0.714. The first-order valence-electron chi connectivity index (χ1n) is 2.58. The summed E-state index contributed by atoms with van der Waals surface area (Å²) >= 11 is 3.83. The SMILES string of the molecule is C.C=O.C=S.CC.CC.[Tb].[Tb]. The Bertz CT molecular complexity index is 18.4. The number of thiocarbonyl (C=S) groups is 1. The third-order valence-electron chi connectivity index (χ3n) is 0. The zero-order valence-electron chi connectivity index (χ0n) is 6.90. The molecule has 0 unspecified atom stereocenters. The van der Waals surface area contributed by atoms with Crippen LogP contribution < -0.4 is 0 Å². The van der Waals surface area contributed by atoms with Crippen molar-refractivity contribution in [2.75, 3.05) is 0 Å². The van der Waals surface area contributed by atoms with Crippen molar-refractivity contribution in [3.05, 3.63) is 0 Å². The predicted molar refractivity (Wildman–Crippen MR) is 51.3 cm³/mol. The Hall–Kier alpha value is 2.33. The monoisotopic (exact) mass is 470 g/mol. The van der Waals surface area contributed by atoms with E-state index in [0.29, 0.717) is 0 Å². The molecule has 0 spiro atoms.